The molecular weight excluding hydrogens is 192 g/mol. The largest absolute Gasteiger partial charge is 0.310 e. The second-order valence-corrected chi connectivity index (χ2v) is 4.70. The van der Waals surface area contributed by atoms with Gasteiger partial charge in [-0.15, -0.1) is 11.3 Å². The summed E-state index contributed by atoms with van der Waals surface area (Å²) in [5.41, 5.74) is 4.38. The van der Waals surface area contributed by atoms with E-state index in [4.69, 9.17) is 0 Å². The molecule has 1 fully saturated rings. The Labute approximate surface area is 87.0 Å². The molecule has 0 atom stereocenters. The fourth-order valence-corrected chi connectivity index (χ4v) is 2.22. The van der Waals surface area contributed by atoms with Gasteiger partial charge in [-0.2, -0.15) is 0 Å². The number of aromatic nitrogens is 1. The highest BCUT2D eigenvalue weighted by Crippen LogP contribution is 2.21. The van der Waals surface area contributed by atoms with Gasteiger partial charge in [0.1, 0.15) is 0 Å². The number of hydrogen-bond donors (Lipinski definition) is 1. The van der Waals surface area contributed by atoms with Crippen LogP contribution in [0.5, 0.6) is 0 Å². The van der Waals surface area contributed by atoms with Gasteiger partial charge in [-0.1, -0.05) is 6.07 Å². The molecule has 0 bridgehead atoms. The van der Waals surface area contributed by atoms with Crippen LogP contribution >= 0.6 is 11.3 Å². The Morgan fingerprint density at radius 2 is 2.36 bits per heavy atom. The lowest BCUT2D eigenvalue weighted by molar-refractivity contribution is 0.688. The third-order valence-corrected chi connectivity index (χ3v) is 3.38. The highest BCUT2D eigenvalue weighted by Gasteiger charge is 2.19. The van der Waals surface area contributed by atoms with Crippen molar-refractivity contribution in [2.75, 3.05) is 0 Å². The van der Waals surface area contributed by atoms with E-state index in [9.17, 15) is 0 Å². The van der Waals surface area contributed by atoms with Crippen LogP contribution in [-0.2, 0) is 6.54 Å². The molecule has 3 heteroatoms. The summed E-state index contributed by atoms with van der Waals surface area (Å²) < 4.78 is 1.28. The maximum Gasteiger partial charge on any atom is 0.0815 e. The van der Waals surface area contributed by atoms with E-state index in [0.717, 1.165) is 18.1 Å². The molecule has 2 aromatic rings. The zero-order valence-electron chi connectivity index (χ0n) is 7.86. The summed E-state index contributed by atoms with van der Waals surface area (Å²) in [5.74, 6) is 0. The lowest BCUT2D eigenvalue weighted by Gasteiger charge is -2.02. The van der Waals surface area contributed by atoms with Crippen molar-refractivity contribution in [3.63, 3.8) is 0 Å². The molecule has 0 amide bonds. The quantitative estimate of drug-likeness (QED) is 0.831. The topological polar surface area (TPSA) is 24.9 Å². The van der Waals surface area contributed by atoms with Crippen LogP contribution in [0.2, 0.25) is 0 Å². The SMILES string of the molecule is c1nc2cc(CNC3CC3)ccc2s1. The summed E-state index contributed by atoms with van der Waals surface area (Å²) in [6.07, 6.45) is 2.69. The van der Waals surface area contributed by atoms with Crippen molar-refractivity contribution in [3.05, 3.63) is 29.3 Å². The van der Waals surface area contributed by atoms with Crippen molar-refractivity contribution in [1.82, 2.24) is 10.3 Å². The third kappa shape index (κ3) is 1.65. The summed E-state index contributed by atoms with van der Waals surface area (Å²) in [4.78, 5) is 4.31. The van der Waals surface area contributed by atoms with Crippen molar-refractivity contribution in [3.8, 4) is 0 Å². The Balaban J connectivity index is 1.81. The normalized spacial score (nSPS) is 16.3. The van der Waals surface area contributed by atoms with Crippen molar-refractivity contribution >= 4 is 21.6 Å². The molecule has 3 rings (SSSR count). The molecule has 1 aromatic carbocycles. The lowest BCUT2D eigenvalue weighted by Crippen LogP contribution is -2.14. The maximum atomic E-state index is 4.31. The van der Waals surface area contributed by atoms with Crippen molar-refractivity contribution in [1.29, 1.82) is 0 Å². The van der Waals surface area contributed by atoms with Crippen LogP contribution in [-0.4, -0.2) is 11.0 Å². The molecule has 1 heterocycles. The highest BCUT2D eigenvalue weighted by atomic mass is 32.1. The molecule has 0 spiro atoms. The number of nitrogens with one attached hydrogen (secondary N) is 1. The number of fused-ring (bicyclic) bond motifs is 1. The van der Waals surface area contributed by atoms with Gasteiger partial charge in [0.25, 0.3) is 0 Å². The molecule has 1 aliphatic rings. The number of hydrogen-bond acceptors (Lipinski definition) is 3. The molecule has 0 radical (unpaired) electrons. The van der Waals surface area contributed by atoms with Crippen LogP contribution in [0, 0.1) is 0 Å². The number of rotatable bonds is 3. The standard InChI is InChI=1S/C11H12N2S/c1-4-11-10(13-7-14-11)5-8(1)6-12-9-2-3-9/h1,4-5,7,9,12H,2-3,6H2. The second kappa shape index (κ2) is 3.33. The van der Waals surface area contributed by atoms with E-state index >= 15 is 0 Å². The molecule has 14 heavy (non-hydrogen) atoms. The Morgan fingerprint density at radius 1 is 1.43 bits per heavy atom. The van der Waals surface area contributed by atoms with Gasteiger partial charge in [-0.05, 0) is 30.5 Å². The Hall–Kier alpha value is -0.930. The van der Waals surface area contributed by atoms with E-state index < -0.39 is 0 Å². The van der Waals surface area contributed by atoms with Crippen LogP contribution in [0.4, 0.5) is 0 Å². The van der Waals surface area contributed by atoms with Gasteiger partial charge in [0, 0.05) is 12.6 Å². The van der Waals surface area contributed by atoms with E-state index in [-0.39, 0.29) is 0 Å². The predicted molar refractivity (Wildman–Crippen MR) is 59.5 cm³/mol. The van der Waals surface area contributed by atoms with Gasteiger partial charge in [-0.3, -0.25) is 0 Å². The predicted octanol–water partition coefficient (Wildman–Crippen LogP) is 2.55. The average molecular weight is 204 g/mol. The molecule has 1 N–H and O–H groups in total. The summed E-state index contributed by atoms with van der Waals surface area (Å²) in [5, 5.41) is 3.51. The molecule has 2 nitrogen and oxygen atoms in total. The smallest absolute Gasteiger partial charge is 0.0815 e. The first kappa shape index (κ1) is 8.38. The van der Waals surface area contributed by atoms with E-state index in [1.807, 2.05) is 5.51 Å². The summed E-state index contributed by atoms with van der Waals surface area (Å²) in [6.45, 7) is 0.984. The minimum Gasteiger partial charge on any atom is -0.310 e. The summed E-state index contributed by atoms with van der Waals surface area (Å²) >= 11 is 1.70. The van der Waals surface area contributed by atoms with E-state index in [2.05, 4.69) is 28.5 Å². The lowest BCUT2D eigenvalue weighted by atomic mass is 10.2. The Kier molecular flexibility index (Phi) is 2.00. The number of benzene rings is 1. The molecule has 0 unspecified atom stereocenters. The summed E-state index contributed by atoms with van der Waals surface area (Å²) in [7, 11) is 0. The minimum atomic E-state index is 0.779. The van der Waals surface area contributed by atoms with Crippen molar-refractivity contribution < 1.29 is 0 Å². The van der Waals surface area contributed by atoms with Crippen LogP contribution in [0.25, 0.3) is 10.2 Å². The van der Waals surface area contributed by atoms with Crippen LogP contribution in [0.15, 0.2) is 23.7 Å². The fourth-order valence-electron chi connectivity index (χ4n) is 1.56. The molecule has 0 saturated heterocycles. The maximum absolute atomic E-state index is 4.31. The third-order valence-electron chi connectivity index (χ3n) is 2.57. The van der Waals surface area contributed by atoms with Gasteiger partial charge in [-0.25, -0.2) is 4.98 Å². The van der Waals surface area contributed by atoms with E-state index in [0.29, 0.717) is 0 Å². The van der Waals surface area contributed by atoms with E-state index in [1.165, 1.54) is 23.1 Å². The summed E-state index contributed by atoms with van der Waals surface area (Å²) in [6, 6.07) is 7.31. The first-order chi connectivity index (χ1) is 6.92. The number of thiazole rings is 1. The van der Waals surface area contributed by atoms with Crippen LogP contribution in [0.1, 0.15) is 18.4 Å². The zero-order valence-corrected chi connectivity index (χ0v) is 8.68. The molecule has 72 valence electrons. The minimum absolute atomic E-state index is 0.779. The van der Waals surface area contributed by atoms with E-state index in [1.54, 1.807) is 11.3 Å². The van der Waals surface area contributed by atoms with Crippen LogP contribution < -0.4 is 5.32 Å². The Morgan fingerprint density at radius 3 is 3.21 bits per heavy atom. The average Bonchev–Trinajstić information content (AvgIpc) is 2.92. The molecular formula is C11H12N2S. The van der Waals surface area contributed by atoms with Gasteiger partial charge in [0.05, 0.1) is 15.7 Å². The molecule has 1 aliphatic carbocycles. The highest BCUT2D eigenvalue weighted by molar-refractivity contribution is 7.16. The monoisotopic (exact) mass is 204 g/mol. The zero-order chi connectivity index (χ0) is 9.38. The van der Waals surface area contributed by atoms with Crippen molar-refractivity contribution in [2.45, 2.75) is 25.4 Å². The first-order valence-electron chi connectivity index (χ1n) is 4.97. The van der Waals surface area contributed by atoms with Gasteiger partial charge < -0.3 is 5.32 Å². The van der Waals surface area contributed by atoms with Gasteiger partial charge in [0.15, 0.2) is 0 Å². The van der Waals surface area contributed by atoms with Gasteiger partial charge in [0.2, 0.25) is 0 Å². The molecule has 0 aliphatic heterocycles. The Bertz CT molecular complexity index is 445. The molecule has 1 saturated carbocycles. The first-order valence-corrected chi connectivity index (χ1v) is 5.85. The van der Waals surface area contributed by atoms with Crippen molar-refractivity contribution in [2.24, 2.45) is 0 Å². The fraction of sp³-hybridized carbons (Fsp3) is 0.364. The second-order valence-electron chi connectivity index (χ2n) is 3.81. The molecule has 1 aromatic heterocycles. The van der Waals surface area contributed by atoms with Gasteiger partial charge >= 0.3 is 0 Å². The number of nitrogens with zero attached hydrogens (tertiary/aromatic N) is 1. The van der Waals surface area contributed by atoms with Crippen LogP contribution in [0.3, 0.4) is 0 Å².